The molecular weight excluding hydrogens is 314 g/mol. The first-order valence-electron chi connectivity index (χ1n) is 8.88. The molecule has 1 saturated carbocycles. The van der Waals surface area contributed by atoms with Gasteiger partial charge in [-0.25, -0.2) is 0 Å². The van der Waals surface area contributed by atoms with Crippen molar-refractivity contribution in [1.82, 2.24) is 20.0 Å². The maximum absolute atomic E-state index is 5.94. The molecule has 0 radical (unpaired) electrons. The summed E-state index contributed by atoms with van der Waals surface area (Å²) in [5.41, 5.74) is 2.53. The zero-order valence-electron chi connectivity index (χ0n) is 14.8. The molecule has 25 heavy (non-hydrogen) atoms. The summed E-state index contributed by atoms with van der Waals surface area (Å²) in [6.45, 7) is 2.36. The number of nitrogens with zero attached hydrogens (tertiary/aromatic N) is 4. The maximum Gasteiger partial charge on any atom is 0.194 e. The molecule has 1 aromatic carbocycles. The monoisotopic (exact) mass is 339 g/mol. The second kappa shape index (κ2) is 6.88. The SMILES string of the molecule is CN=C(NC1CC1c1ccccc1)N1CCOC(c2cnn(C)c2)C1. The van der Waals surface area contributed by atoms with Crippen LogP contribution in [0.25, 0.3) is 0 Å². The summed E-state index contributed by atoms with van der Waals surface area (Å²) in [6.07, 6.45) is 5.12. The van der Waals surface area contributed by atoms with Gasteiger partial charge in [0, 0.05) is 44.4 Å². The first-order valence-corrected chi connectivity index (χ1v) is 8.88. The minimum Gasteiger partial charge on any atom is -0.370 e. The van der Waals surface area contributed by atoms with Gasteiger partial charge >= 0.3 is 0 Å². The second-order valence-electron chi connectivity index (χ2n) is 6.80. The zero-order chi connectivity index (χ0) is 17.2. The summed E-state index contributed by atoms with van der Waals surface area (Å²) in [7, 11) is 3.79. The third-order valence-electron chi connectivity index (χ3n) is 5.01. The Balaban J connectivity index is 1.38. The lowest BCUT2D eigenvalue weighted by Gasteiger charge is -2.34. The highest BCUT2D eigenvalue weighted by molar-refractivity contribution is 5.81. The fraction of sp³-hybridized carbons (Fsp3) is 0.474. The normalized spacial score (nSPS) is 26.6. The lowest BCUT2D eigenvalue weighted by molar-refractivity contribution is -0.00806. The average Bonchev–Trinajstić information content (AvgIpc) is 3.30. The molecule has 6 heteroatoms. The molecule has 2 fully saturated rings. The Morgan fingerprint density at radius 3 is 2.84 bits per heavy atom. The Hall–Kier alpha value is -2.34. The van der Waals surface area contributed by atoms with Gasteiger partial charge in [-0.05, 0) is 12.0 Å². The number of hydrogen-bond acceptors (Lipinski definition) is 3. The first kappa shape index (κ1) is 16.1. The molecule has 0 bridgehead atoms. The molecular formula is C19H25N5O. The van der Waals surface area contributed by atoms with E-state index < -0.39 is 0 Å². The van der Waals surface area contributed by atoms with Crippen LogP contribution in [0.3, 0.4) is 0 Å². The topological polar surface area (TPSA) is 54.7 Å². The van der Waals surface area contributed by atoms with E-state index in [0.717, 1.165) is 24.6 Å². The van der Waals surface area contributed by atoms with Crippen molar-refractivity contribution >= 4 is 5.96 Å². The van der Waals surface area contributed by atoms with Crippen LogP contribution in [0.5, 0.6) is 0 Å². The van der Waals surface area contributed by atoms with Gasteiger partial charge in [0.15, 0.2) is 5.96 Å². The zero-order valence-corrected chi connectivity index (χ0v) is 14.8. The molecule has 4 rings (SSSR count). The minimum absolute atomic E-state index is 0.0464. The van der Waals surface area contributed by atoms with Gasteiger partial charge in [0.25, 0.3) is 0 Å². The molecule has 0 amide bonds. The van der Waals surface area contributed by atoms with Crippen LogP contribution >= 0.6 is 0 Å². The van der Waals surface area contributed by atoms with Crippen molar-refractivity contribution in [2.24, 2.45) is 12.0 Å². The van der Waals surface area contributed by atoms with Crippen LogP contribution in [-0.4, -0.2) is 53.4 Å². The smallest absolute Gasteiger partial charge is 0.194 e. The van der Waals surface area contributed by atoms with Crippen LogP contribution in [0.4, 0.5) is 0 Å². The van der Waals surface area contributed by atoms with Crippen LogP contribution in [0.2, 0.25) is 0 Å². The number of aryl methyl sites for hydroxylation is 1. The van der Waals surface area contributed by atoms with Crippen LogP contribution in [0.15, 0.2) is 47.7 Å². The Morgan fingerprint density at radius 2 is 2.12 bits per heavy atom. The van der Waals surface area contributed by atoms with Crippen molar-refractivity contribution < 1.29 is 4.74 Å². The maximum atomic E-state index is 5.94. The number of nitrogens with one attached hydrogen (secondary N) is 1. The van der Waals surface area contributed by atoms with Gasteiger partial charge in [0.05, 0.1) is 19.3 Å². The molecule has 1 aliphatic heterocycles. The molecule has 2 aromatic rings. The highest BCUT2D eigenvalue weighted by Crippen LogP contribution is 2.40. The number of benzene rings is 1. The van der Waals surface area contributed by atoms with Crippen molar-refractivity contribution in [2.45, 2.75) is 24.5 Å². The second-order valence-corrected chi connectivity index (χ2v) is 6.80. The molecule has 0 spiro atoms. The van der Waals surface area contributed by atoms with E-state index in [4.69, 9.17) is 4.74 Å². The van der Waals surface area contributed by atoms with Crippen molar-refractivity contribution in [2.75, 3.05) is 26.7 Å². The van der Waals surface area contributed by atoms with E-state index in [0.29, 0.717) is 18.6 Å². The number of aromatic nitrogens is 2. The Labute approximate surface area is 148 Å². The fourth-order valence-corrected chi connectivity index (χ4v) is 3.54. The number of aliphatic imine (C=N–C) groups is 1. The van der Waals surface area contributed by atoms with E-state index in [2.05, 4.69) is 50.6 Å². The fourth-order valence-electron chi connectivity index (χ4n) is 3.54. The summed E-state index contributed by atoms with van der Waals surface area (Å²) in [5.74, 6) is 1.56. The Morgan fingerprint density at radius 1 is 1.28 bits per heavy atom. The summed E-state index contributed by atoms with van der Waals surface area (Å²) in [5, 5.41) is 7.89. The van der Waals surface area contributed by atoms with E-state index in [9.17, 15) is 0 Å². The quantitative estimate of drug-likeness (QED) is 0.686. The number of rotatable bonds is 3. The first-order chi connectivity index (χ1) is 12.2. The molecule has 3 unspecified atom stereocenters. The minimum atomic E-state index is 0.0464. The van der Waals surface area contributed by atoms with Crippen molar-refractivity contribution in [1.29, 1.82) is 0 Å². The number of morpholine rings is 1. The number of ether oxygens (including phenoxy) is 1. The molecule has 6 nitrogen and oxygen atoms in total. The van der Waals surface area contributed by atoms with Crippen molar-refractivity contribution in [3.05, 3.63) is 53.9 Å². The van der Waals surface area contributed by atoms with Crippen LogP contribution < -0.4 is 5.32 Å². The van der Waals surface area contributed by atoms with Crippen LogP contribution in [0, 0.1) is 0 Å². The summed E-state index contributed by atoms with van der Waals surface area (Å²) < 4.78 is 7.75. The molecule has 1 N–H and O–H groups in total. The van der Waals surface area contributed by atoms with E-state index in [1.54, 1.807) is 0 Å². The molecule has 1 saturated heterocycles. The predicted molar refractivity (Wildman–Crippen MR) is 97.6 cm³/mol. The summed E-state index contributed by atoms with van der Waals surface area (Å²) in [4.78, 5) is 6.80. The third kappa shape index (κ3) is 3.54. The third-order valence-corrected chi connectivity index (χ3v) is 5.01. The lowest BCUT2D eigenvalue weighted by Crippen LogP contribution is -2.48. The van der Waals surface area contributed by atoms with Crippen LogP contribution in [-0.2, 0) is 11.8 Å². The van der Waals surface area contributed by atoms with Gasteiger partial charge in [0.1, 0.15) is 6.10 Å². The van der Waals surface area contributed by atoms with Gasteiger partial charge in [-0.15, -0.1) is 0 Å². The largest absolute Gasteiger partial charge is 0.370 e. The predicted octanol–water partition coefficient (Wildman–Crippen LogP) is 1.92. The Bertz CT molecular complexity index is 741. The molecule has 1 aromatic heterocycles. The van der Waals surface area contributed by atoms with E-state index in [1.165, 1.54) is 12.0 Å². The van der Waals surface area contributed by atoms with Crippen molar-refractivity contribution in [3.8, 4) is 0 Å². The number of guanidine groups is 1. The molecule has 3 atom stereocenters. The Kier molecular flexibility index (Phi) is 4.44. The molecule has 1 aliphatic carbocycles. The highest BCUT2D eigenvalue weighted by atomic mass is 16.5. The molecule has 132 valence electrons. The lowest BCUT2D eigenvalue weighted by atomic mass is 10.1. The summed E-state index contributed by atoms with van der Waals surface area (Å²) >= 11 is 0. The molecule has 2 heterocycles. The average molecular weight is 339 g/mol. The van der Waals surface area contributed by atoms with E-state index >= 15 is 0 Å². The standard InChI is InChI=1S/C19H25N5O/c1-20-19(22-17-10-16(17)14-6-4-3-5-7-14)24-8-9-25-18(13-24)15-11-21-23(2)12-15/h3-7,11-12,16-18H,8-10,13H2,1-2H3,(H,20,22). The van der Waals surface area contributed by atoms with Crippen LogP contribution in [0.1, 0.15) is 29.6 Å². The van der Waals surface area contributed by atoms with Gasteiger partial charge in [-0.3, -0.25) is 9.67 Å². The highest BCUT2D eigenvalue weighted by Gasteiger charge is 2.40. The van der Waals surface area contributed by atoms with E-state index in [-0.39, 0.29) is 6.10 Å². The number of hydrogen-bond donors (Lipinski definition) is 1. The molecule has 2 aliphatic rings. The van der Waals surface area contributed by atoms with Gasteiger partial charge in [-0.1, -0.05) is 30.3 Å². The van der Waals surface area contributed by atoms with E-state index in [1.807, 2.05) is 31.2 Å². The van der Waals surface area contributed by atoms with Gasteiger partial charge in [-0.2, -0.15) is 5.10 Å². The van der Waals surface area contributed by atoms with Gasteiger partial charge < -0.3 is 15.0 Å². The summed E-state index contributed by atoms with van der Waals surface area (Å²) in [6, 6.07) is 11.2. The van der Waals surface area contributed by atoms with Crippen molar-refractivity contribution in [3.63, 3.8) is 0 Å². The van der Waals surface area contributed by atoms with Gasteiger partial charge in [0.2, 0.25) is 0 Å².